The molecule has 1 heterocycles. The van der Waals surface area contributed by atoms with Crippen LogP contribution in [0.5, 0.6) is 5.75 Å². The predicted molar refractivity (Wildman–Crippen MR) is 72.2 cm³/mol. The number of oxime groups is 1. The number of phenols is 1. The number of carbonyl (C=O) groups excluding carboxylic acids is 1. The normalized spacial score (nSPS) is 11.3. The summed E-state index contributed by atoms with van der Waals surface area (Å²) in [5.41, 5.74) is 5.67. The molecule has 0 aliphatic heterocycles. The standard InChI is InChI=1S/C11H10ClN5O3/c12-5-1-2-6(8(18)3-5)11(19)15-10-7(4-14-16-10)9(13)17-20/h1-4,18,20H,(H2,13,17)(H2,14,15,16,19). The summed E-state index contributed by atoms with van der Waals surface area (Å²) in [4.78, 5) is 12.0. The summed E-state index contributed by atoms with van der Waals surface area (Å²) in [6.45, 7) is 0. The van der Waals surface area contributed by atoms with Crippen molar-refractivity contribution in [3.05, 3.63) is 40.5 Å². The van der Waals surface area contributed by atoms with Gasteiger partial charge in [0.2, 0.25) is 0 Å². The van der Waals surface area contributed by atoms with E-state index in [2.05, 4.69) is 20.7 Å². The molecule has 0 saturated heterocycles. The van der Waals surface area contributed by atoms with Gasteiger partial charge in [-0.25, -0.2) is 0 Å². The molecule has 0 bridgehead atoms. The number of aromatic hydroxyl groups is 1. The van der Waals surface area contributed by atoms with Crippen molar-refractivity contribution in [2.75, 3.05) is 5.32 Å². The lowest BCUT2D eigenvalue weighted by Gasteiger charge is -2.06. The molecular formula is C11H10ClN5O3. The van der Waals surface area contributed by atoms with Crippen molar-refractivity contribution in [1.29, 1.82) is 0 Å². The van der Waals surface area contributed by atoms with Crippen molar-refractivity contribution < 1.29 is 15.1 Å². The van der Waals surface area contributed by atoms with Crippen molar-refractivity contribution in [3.63, 3.8) is 0 Å². The second kappa shape index (κ2) is 5.49. The molecule has 2 rings (SSSR count). The van der Waals surface area contributed by atoms with Crippen molar-refractivity contribution in [3.8, 4) is 5.75 Å². The molecule has 1 amide bonds. The van der Waals surface area contributed by atoms with Crippen molar-refractivity contribution >= 4 is 29.2 Å². The number of nitrogens with two attached hydrogens (primary N) is 1. The fraction of sp³-hybridized carbons (Fsp3) is 0. The Morgan fingerprint density at radius 2 is 2.20 bits per heavy atom. The van der Waals surface area contributed by atoms with Gasteiger partial charge in [0, 0.05) is 5.02 Å². The lowest BCUT2D eigenvalue weighted by atomic mass is 10.2. The Kier molecular flexibility index (Phi) is 3.76. The number of amidine groups is 1. The van der Waals surface area contributed by atoms with E-state index < -0.39 is 5.91 Å². The molecule has 0 aliphatic rings. The highest BCUT2D eigenvalue weighted by atomic mass is 35.5. The molecule has 0 fully saturated rings. The van der Waals surface area contributed by atoms with Crippen LogP contribution in [0.4, 0.5) is 5.82 Å². The van der Waals surface area contributed by atoms with E-state index in [1.54, 1.807) is 0 Å². The molecule has 0 atom stereocenters. The average Bonchev–Trinajstić information content (AvgIpc) is 2.85. The summed E-state index contributed by atoms with van der Waals surface area (Å²) in [5, 5.41) is 30.0. The van der Waals surface area contributed by atoms with Gasteiger partial charge >= 0.3 is 0 Å². The molecule has 8 nitrogen and oxygen atoms in total. The van der Waals surface area contributed by atoms with Gasteiger partial charge in [-0.2, -0.15) is 5.10 Å². The first-order valence-corrected chi connectivity index (χ1v) is 5.72. The summed E-state index contributed by atoms with van der Waals surface area (Å²) in [5.74, 6) is -0.940. The highest BCUT2D eigenvalue weighted by Crippen LogP contribution is 2.23. The molecule has 0 unspecified atom stereocenters. The number of nitrogens with one attached hydrogen (secondary N) is 2. The lowest BCUT2D eigenvalue weighted by Crippen LogP contribution is -2.18. The number of halogens is 1. The minimum atomic E-state index is -0.601. The highest BCUT2D eigenvalue weighted by Gasteiger charge is 2.16. The van der Waals surface area contributed by atoms with E-state index >= 15 is 0 Å². The average molecular weight is 296 g/mol. The smallest absolute Gasteiger partial charge is 0.260 e. The fourth-order valence-corrected chi connectivity index (χ4v) is 1.67. The predicted octanol–water partition coefficient (Wildman–Crippen LogP) is 1.12. The molecule has 0 spiro atoms. The number of nitrogens with zero attached hydrogens (tertiary/aromatic N) is 2. The van der Waals surface area contributed by atoms with Crippen LogP contribution in [-0.4, -0.2) is 32.3 Å². The minimum absolute atomic E-state index is 0.0226. The Morgan fingerprint density at radius 3 is 2.85 bits per heavy atom. The Bertz CT molecular complexity index is 682. The van der Waals surface area contributed by atoms with E-state index in [1.807, 2.05) is 0 Å². The zero-order chi connectivity index (χ0) is 14.7. The monoisotopic (exact) mass is 295 g/mol. The van der Waals surface area contributed by atoms with E-state index in [4.69, 9.17) is 22.5 Å². The molecule has 0 aliphatic carbocycles. The number of amides is 1. The minimum Gasteiger partial charge on any atom is -0.507 e. The molecule has 2 aromatic rings. The van der Waals surface area contributed by atoms with Gasteiger partial charge in [-0.3, -0.25) is 9.89 Å². The number of phenolic OH excluding ortho intramolecular Hbond substituents is 1. The largest absolute Gasteiger partial charge is 0.507 e. The molecule has 0 saturated carbocycles. The van der Waals surface area contributed by atoms with Crippen LogP contribution in [0.3, 0.4) is 0 Å². The Morgan fingerprint density at radius 1 is 1.45 bits per heavy atom. The first-order valence-electron chi connectivity index (χ1n) is 5.34. The van der Waals surface area contributed by atoms with Gasteiger partial charge in [0.15, 0.2) is 5.84 Å². The molecular weight excluding hydrogens is 286 g/mol. The second-order valence-electron chi connectivity index (χ2n) is 3.76. The number of aromatic amines is 1. The number of hydrogen-bond donors (Lipinski definition) is 5. The van der Waals surface area contributed by atoms with Gasteiger partial charge in [-0.15, -0.1) is 0 Å². The third-order valence-corrected chi connectivity index (χ3v) is 2.70. The van der Waals surface area contributed by atoms with E-state index in [1.165, 1.54) is 24.4 Å². The Balaban J connectivity index is 2.26. The number of benzene rings is 1. The second-order valence-corrected chi connectivity index (χ2v) is 4.20. The van der Waals surface area contributed by atoms with Crippen LogP contribution in [-0.2, 0) is 0 Å². The van der Waals surface area contributed by atoms with Crippen LogP contribution < -0.4 is 11.1 Å². The van der Waals surface area contributed by atoms with E-state index in [-0.39, 0.29) is 28.5 Å². The van der Waals surface area contributed by atoms with Crippen LogP contribution >= 0.6 is 11.6 Å². The first kappa shape index (κ1) is 13.7. The third kappa shape index (κ3) is 2.64. The van der Waals surface area contributed by atoms with E-state index in [0.717, 1.165) is 0 Å². The molecule has 9 heteroatoms. The van der Waals surface area contributed by atoms with Gasteiger partial charge in [0.25, 0.3) is 5.91 Å². The summed E-state index contributed by atoms with van der Waals surface area (Å²) < 4.78 is 0. The van der Waals surface area contributed by atoms with Gasteiger partial charge in [-0.05, 0) is 18.2 Å². The number of anilines is 1. The number of hydrogen-bond acceptors (Lipinski definition) is 5. The number of aromatic nitrogens is 2. The van der Waals surface area contributed by atoms with E-state index in [0.29, 0.717) is 5.02 Å². The summed E-state index contributed by atoms with van der Waals surface area (Å²) in [6.07, 6.45) is 1.28. The van der Waals surface area contributed by atoms with E-state index in [9.17, 15) is 9.90 Å². The van der Waals surface area contributed by atoms with Gasteiger partial charge in [0.1, 0.15) is 11.6 Å². The topological polar surface area (TPSA) is 137 Å². The van der Waals surface area contributed by atoms with Crippen LogP contribution in [0.15, 0.2) is 29.6 Å². The van der Waals surface area contributed by atoms with Gasteiger partial charge in [-0.1, -0.05) is 16.8 Å². The van der Waals surface area contributed by atoms with Crippen LogP contribution in [0.2, 0.25) is 5.02 Å². The first-order chi connectivity index (χ1) is 9.52. The number of carbonyl (C=O) groups is 1. The Hall–Kier alpha value is -2.74. The van der Waals surface area contributed by atoms with Crippen molar-refractivity contribution in [1.82, 2.24) is 10.2 Å². The summed E-state index contributed by atoms with van der Waals surface area (Å²) in [7, 11) is 0. The van der Waals surface area contributed by atoms with Crippen LogP contribution in [0, 0.1) is 0 Å². The number of rotatable bonds is 3. The SMILES string of the molecule is NC(=NO)c1cn[nH]c1NC(=O)c1ccc(Cl)cc1O. The number of H-pyrrole nitrogens is 1. The molecule has 1 aromatic heterocycles. The summed E-state index contributed by atoms with van der Waals surface area (Å²) in [6, 6.07) is 4.08. The molecule has 20 heavy (non-hydrogen) atoms. The third-order valence-electron chi connectivity index (χ3n) is 2.47. The van der Waals surface area contributed by atoms with Crippen molar-refractivity contribution in [2.24, 2.45) is 10.9 Å². The van der Waals surface area contributed by atoms with Crippen molar-refractivity contribution in [2.45, 2.75) is 0 Å². The van der Waals surface area contributed by atoms with Crippen LogP contribution in [0.25, 0.3) is 0 Å². The fourth-order valence-electron chi connectivity index (χ4n) is 1.51. The maximum Gasteiger partial charge on any atom is 0.260 e. The van der Waals surface area contributed by atoms with Gasteiger partial charge in [0.05, 0.1) is 17.3 Å². The maximum absolute atomic E-state index is 12.0. The molecule has 6 N–H and O–H groups in total. The lowest BCUT2D eigenvalue weighted by molar-refractivity contribution is 0.102. The maximum atomic E-state index is 12.0. The molecule has 104 valence electrons. The Labute approximate surface area is 117 Å². The molecule has 0 radical (unpaired) electrons. The highest BCUT2D eigenvalue weighted by molar-refractivity contribution is 6.31. The van der Waals surface area contributed by atoms with Crippen LogP contribution in [0.1, 0.15) is 15.9 Å². The quantitative estimate of drug-likeness (QED) is 0.250. The zero-order valence-electron chi connectivity index (χ0n) is 9.96. The molecule has 1 aromatic carbocycles. The summed E-state index contributed by atoms with van der Waals surface area (Å²) >= 11 is 5.68. The zero-order valence-corrected chi connectivity index (χ0v) is 10.7. The van der Waals surface area contributed by atoms with Gasteiger partial charge < -0.3 is 21.4 Å².